The molecule has 134 valence electrons. The number of hydroxylamine groups is 1. The van der Waals surface area contributed by atoms with E-state index in [1.807, 2.05) is 36.4 Å². The summed E-state index contributed by atoms with van der Waals surface area (Å²) < 4.78 is 0. The Labute approximate surface area is 146 Å². The van der Waals surface area contributed by atoms with Gasteiger partial charge in [0.2, 0.25) is 0 Å². The van der Waals surface area contributed by atoms with Crippen molar-refractivity contribution in [3.05, 3.63) is 59.3 Å². The fraction of sp³-hybridized carbons (Fsp3) is 0.421. The summed E-state index contributed by atoms with van der Waals surface area (Å²) in [4.78, 5) is 15.6. The Morgan fingerprint density at radius 2 is 2.08 bits per heavy atom. The number of hydrogen-bond donors (Lipinski definition) is 4. The van der Waals surface area contributed by atoms with Gasteiger partial charge in [-0.1, -0.05) is 42.5 Å². The number of benzene rings is 1. The first kappa shape index (κ1) is 17.7. The van der Waals surface area contributed by atoms with E-state index in [9.17, 15) is 15.0 Å². The Balaban J connectivity index is 1.55. The summed E-state index contributed by atoms with van der Waals surface area (Å²) in [6.07, 6.45) is 3.77. The fourth-order valence-corrected chi connectivity index (χ4v) is 3.48. The maximum Gasteiger partial charge on any atom is 0.305 e. The van der Waals surface area contributed by atoms with Crippen molar-refractivity contribution in [2.45, 2.75) is 31.5 Å². The van der Waals surface area contributed by atoms with E-state index in [0.29, 0.717) is 6.42 Å². The number of aliphatic hydroxyl groups excluding tert-OH is 2. The van der Waals surface area contributed by atoms with Crippen molar-refractivity contribution in [2.24, 2.45) is 11.8 Å². The highest BCUT2D eigenvalue weighted by Crippen LogP contribution is 2.49. The molecule has 6 heteroatoms. The second kappa shape index (κ2) is 7.82. The van der Waals surface area contributed by atoms with Crippen molar-refractivity contribution in [1.82, 2.24) is 5.48 Å². The van der Waals surface area contributed by atoms with Crippen LogP contribution in [0.25, 0.3) is 0 Å². The molecule has 0 aromatic heterocycles. The molecule has 3 rings (SSSR count). The highest BCUT2D eigenvalue weighted by atomic mass is 16.6. The van der Waals surface area contributed by atoms with Crippen LogP contribution in [-0.2, 0) is 9.63 Å². The molecule has 6 nitrogen and oxygen atoms in total. The minimum Gasteiger partial charge on any atom is -0.481 e. The van der Waals surface area contributed by atoms with Gasteiger partial charge in [-0.05, 0) is 29.9 Å². The average molecular weight is 345 g/mol. The third kappa shape index (κ3) is 4.10. The fourth-order valence-electron chi connectivity index (χ4n) is 3.48. The highest BCUT2D eigenvalue weighted by Gasteiger charge is 2.44. The van der Waals surface area contributed by atoms with Gasteiger partial charge in [-0.15, -0.1) is 0 Å². The molecule has 1 aromatic carbocycles. The zero-order chi connectivity index (χ0) is 17.8. The van der Waals surface area contributed by atoms with Crippen molar-refractivity contribution < 1.29 is 25.0 Å². The predicted molar refractivity (Wildman–Crippen MR) is 91.1 cm³/mol. The Bertz CT molecular complexity index is 670. The number of fused-ring (bicyclic) bond motifs is 1. The largest absolute Gasteiger partial charge is 0.481 e. The third-order valence-electron chi connectivity index (χ3n) is 4.87. The molecule has 1 fully saturated rings. The molecule has 2 aliphatic carbocycles. The molecule has 2 aliphatic rings. The minimum atomic E-state index is -0.899. The molecule has 4 N–H and O–H groups in total. The minimum absolute atomic E-state index is 0.0158. The molecule has 1 saturated carbocycles. The molecule has 0 aliphatic heterocycles. The van der Waals surface area contributed by atoms with E-state index < -0.39 is 18.2 Å². The summed E-state index contributed by atoms with van der Waals surface area (Å²) in [5.74, 6) is -0.665. The molecule has 0 radical (unpaired) electrons. The lowest BCUT2D eigenvalue weighted by Gasteiger charge is -2.31. The van der Waals surface area contributed by atoms with Gasteiger partial charge in [0, 0.05) is 11.6 Å². The number of carboxylic acid groups (broad SMARTS) is 1. The maximum absolute atomic E-state index is 10.4. The lowest BCUT2D eigenvalue weighted by molar-refractivity contribution is -0.138. The SMILES string of the molecule is O=C(O)CCONC1=C2CC(O)C(C=CC(O)c3ccccc3)[C@@H]2C1. The van der Waals surface area contributed by atoms with Crippen LogP contribution in [0.5, 0.6) is 0 Å². The van der Waals surface area contributed by atoms with Crippen LogP contribution >= 0.6 is 0 Å². The molecule has 1 aromatic rings. The Morgan fingerprint density at radius 3 is 2.80 bits per heavy atom. The van der Waals surface area contributed by atoms with Crippen LogP contribution in [0.3, 0.4) is 0 Å². The monoisotopic (exact) mass is 345 g/mol. The van der Waals surface area contributed by atoms with Crippen molar-refractivity contribution >= 4 is 5.97 Å². The summed E-state index contributed by atoms with van der Waals surface area (Å²) in [5, 5.41) is 29.1. The van der Waals surface area contributed by atoms with Crippen LogP contribution in [0.15, 0.2) is 53.8 Å². The number of allylic oxidation sites excluding steroid dienone is 1. The second-order valence-electron chi connectivity index (χ2n) is 6.50. The van der Waals surface area contributed by atoms with Gasteiger partial charge in [0.25, 0.3) is 0 Å². The number of rotatable bonds is 8. The Hall–Kier alpha value is -2.15. The molecule has 0 spiro atoms. The van der Waals surface area contributed by atoms with Crippen LogP contribution in [0, 0.1) is 11.8 Å². The second-order valence-corrected chi connectivity index (χ2v) is 6.50. The zero-order valence-electron chi connectivity index (χ0n) is 13.8. The van der Waals surface area contributed by atoms with E-state index in [-0.39, 0.29) is 24.9 Å². The van der Waals surface area contributed by atoms with Crippen molar-refractivity contribution in [3.63, 3.8) is 0 Å². The van der Waals surface area contributed by atoms with Crippen LogP contribution in [-0.4, -0.2) is 34.0 Å². The van der Waals surface area contributed by atoms with Gasteiger partial charge in [0.1, 0.15) is 0 Å². The van der Waals surface area contributed by atoms with Crippen LogP contribution in [0.1, 0.15) is 30.9 Å². The van der Waals surface area contributed by atoms with E-state index in [0.717, 1.165) is 23.3 Å². The first-order valence-corrected chi connectivity index (χ1v) is 8.47. The third-order valence-corrected chi connectivity index (χ3v) is 4.87. The van der Waals surface area contributed by atoms with Crippen LogP contribution in [0.2, 0.25) is 0 Å². The molecular formula is C19H23NO5. The summed E-state index contributed by atoms with van der Waals surface area (Å²) in [7, 11) is 0. The van der Waals surface area contributed by atoms with Crippen molar-refractivity contribution in [3.8, 4) is 0 Å². The van der Waals surface area contributed by atoms with Crippen molar-refractivity contribution in [1.29, 1.82) is 0 Å². The van der Waals surface area contributed by atoms with E-state index in [2.05, 4.69) is 5.48 Å². The molecule has 0 amide bonds. The molecule has 0 bridgehead atoms. The predicted octanol–water partition coefficient (Wildman–Crippen LogP) is 1.93. The number of carbonyl (C=O) groups is 1. The van der Waals surface area contributed by atoms with Crippen LogP contribution in [0.4, 0.5) is 0 Å². The van der Waals surface area contributed by atoms with E-state index in [1.165, 1.54) is 0 Å². The standard InChI is InChI=1S/C19H23NO5/c21-17(12-4-2-1-3-5-12)7-6-13-14-10-16(15(14)11-18(13)22)20-25-9-8-19(23)24/h1-7,13-14,17-18,20-22H,8-11H2,(H,23,24)/t13?,14-,17?,18?/m0/s1. The van der Waals surface area contributed by atoms with E-state index >= 15 is 0 Å². The molecule has 0 heterocycles. The first-order chi connectivity index (χ1) is 12.1. The quantitative estimate of drug-likeness (QED) is 0.326. The number of hydrogen-bond acceptors (Lipinski definition) is 5. The van der Waals surface area contributed by atoms with Gasteiger partial charge in [-0.25, -0.2) is 0 Å². The van der Waals surface area contributed by atoms with Gasteiger partial charge < -0.3 is 15.3 Å². The van der Waals surface area contributed by atoms with Gasteiger partial charge >= 0.3 is 5.97 Å². The maximum atomic E-state index is 10.4. The lowest BCUT2D eigenvalue weighted by atomic mass is 9.79. The van der Waals surface area contributed by atoms with Gasteiger partial charge in [0.05, 0.1) is 25.2 Å². The Morgan fingerprint density at radius 1 is 1.32 bits per heavy atom. The summed E-state index contributed by atoms with van der Waals surface area (Å²) in [5.41, 5.74) is 5.70. The van der Waals surface area contributed by atoms with E-state index in [1.54, 1.807) is 6.08 Å². The lowest BCUT2D eigenvalue weighted by Crippen LogP contribution is -2.29. The molecular weight excluding hydrogens is 322 g/mol. The molecule has 3 unspecified atom stereocenters. The summed E-state index contributed by atoms with van der Waals surface area (Å²) >= 11 is 0. The number of nitrogens with one attached hydrogen (secondary N) is 1. The van der Waals surface area contributed by atoms with Crippen LogP contribution < -0.4 is 5.48 Å². The van der Waals surface area contributed by atoms with Gasteiger partial charge in [0.15, 0.2) is 0 Å². The summed E-state index contributed by atoms with van der Waals surface area (Å²) in [6, 6.07) is 9.40. The number of aliphatic hydroxyl groups is 2. The summed E-state index contributed by atoms with van der Waals surface area (Å²) in [6.45, 7) is 0.103. The Kier molecular flexibility index (Phi) is 5.53. The highest BCUT2D eigenvalue weighted by molar-refractivity contribution is 5.66. The topological polar surface area (TPSA) is 99.0 Å². The molecule has 0 saturated heterocycles. The zero-order valence-corrected chi connectivity index (χ0v) is 13.8. The van der Waals surface area contributed by atoms with Crippen molar-refractivity contribution in [2.75, 3.05) is 6.61 Å². The van der Waals surface area contributed by atoms with E-state index in [4.69, 9.17) is 9.94 Å². The molecule has 4 atom stereocenters. The molecule has 25 heavy (non-hydrogen) atoms. The number of carboxylic acids is 1. The normalized spacial score (nSPS) is 26.4. The first-order valence-electron chi connectivity index (χ1n) is 8.47. The smallest absolute Gasteiger partial charge is 0.305 e. The van der Waals surface area contributed by atoms with Gasteiger partial charge in [-0.2, -0.15) is 0 Å². The van der Waals surface area contributed by atoms with Gasteiger partial charge in [-0.3, -0.25) is 15.1 Å². The average Bonchev–Trinajstić information content (AvgIpc) is 2.84. The number of aliphatic carboxylic acids is 1.